The van der Waals surface area contributed by atoms with E-state index < -0.39 is 0 Å². The Bertz CT molecular complexity index is 1090. The molecule has 0 saturated carbocycles. The lowest BCUT2D eigenvalue weighted by molar-refractivity contribution is -0.135. The largest absolute Gasteiger partial charge is 0.474 e. The molecule has 1 atom stereocenters. The normalized spacial score (nSPS) is 20.7. The van der Waals surface area contributed by atoms with Crippen molar-refractivity contribution in [3.05, 3.63) is 66.0 Å². The molecule has 6 heteroatoms. The quantitative estimate of drug-likeness (QED) is 0.640. The summed E-state index contributed by atoms with van der Waals surface area (Å²) < 4.78 is 12.4. The van der Waals surface area contributed by atoms with Crippen LogP contribution in [0.2, 0.25) is 0 Å². The molecule has 1 unspecified atom stereocenters. The number of carbonyl (C=O) groups is 1. The van der Waals surface area contributed by atoms with Crippen molar-refractivity contribution in [2.75, 3.05) is 19.7 Å². The first-order valence-electron chi connectivity index (χ1n) is 11.0. The molecule has 1 aromatic carbocycles. The molecule has 0 N–H and O–H groups in total. The van der Waals surface area contributed by atoms with E-state index in [1.54, 1.807) is 6.20 Å². The van der Waals surface area contributed by atoms with Gasteiger partial charge in [0.15, 0.2) is 0 Å². The molecule has 1 amide bonds. The van der Waals surface area contributed by atoms with Gasteiger partial charge in [0.25, 0.3) is 5.91 Å². The monoisotopic (exact) mass is 417 g/mol. The summed E-state index contributed by atoms with van der Waals surface area (Å²) in [6.45, 7) is 4.05. The molecule has 0 radical (unpaired) electrons. The number of ether oxygens (including phenoxy) is 2. The van der Waals surface area contributed by atoms with Crippen LogP contribution < -0.4 is 4.74 Å². The first kappa shape index (κ1) is 19.9. The van der Waals surface area contributed by atoms with Crippen molar-refractivity contribution >= 4 is 16.8 Å². The van der Waals surface area contributed by atoms with E-state index >= 15 is 0 Å². The number of amides is 1. The third kappa shape index (κ3) is 4.26. The van der Waals surface area contributed by atoms with Crippen LogP contribution in [0.15, 0.2) is 54.7 Å². The Kier molecular flexibility index (Phi) is 5.32. The lowest BCUT2D eigenvalue weighted by atomic mass is 9.83. The molecule has 6 nitrogen and oxygen atoms in total. The Hall–Kier alpha value is -2.99. The van der Waals surface area contributed by atoms with E-state index in [0.717, 1.165) is 42.1 Å². The van der Waals surface area contributed by atoms with Crippen LogP contribution >= 0.6 is 0 Å². The highest BCUT2D eigenvalue weighted by Crippen LogP contribution is 2.36. The molecule has 2 fully saturated rings. The van der Waals surface area contributed by atoms with Gasteiger partial charge in [0.1, 0.15) is 11.8 Å². The number of rotatable bonds is 3. The van der Waals surface area contributed by atoms with Gasteiger partial charge in [-0.05, 0) is 43.5 Å². The molecule has 2 aromatic heterocycles. The van der Waals surface area contributed by atoms with Crippen molar-refractivity contribution in [3.8, 4) is 5.88 Å². The molecule has 3 aromatic rings. The zero-order valence-electron chi connectivity index (χ0n) is 17.8. The molecule has 2 saturated heterocycles. The summed E-state index contributed by atoms with van der Waals surface area (Å²) in [5.41, 5.74) is 2.27. The van der Waals surface area contributed by atoms with Gasteiger partial charge in [0.05, 0.1) is 17.7 Å². The average Bonchev–Trinajstić information content (AvgIpc) is 2.79. The Balaban J connectivity index is 1.23. The molecule has 0 aliphatic carbocycles. The van der Waals surface area contributed by atoms with Crippen LogP contribution in [0.25, 0.3) is 10.9 Å². The molecule has 31 heavy (non-hydrogen) atoms. The molecule has 2 aliphatic rings. The fourth-order valence-electron chi connectivity index (χ4n) is 4.64. The van der Waals surface area contributed by atoms with E-state index in [4.69, 9.17) is 9.47 Å². The molecular weight excluding hydrogens is 390 g/mol. The number of hydrogen-bond donors (Lipinski definition) is 0. The number of hydrogen-bond acceptors (Lipinski definition) is 5. The third-order valence-corrected chi connectivity index (χ3v) is 6.40. The molecule has 5 rings (SSSR count). The van der Waals surface area contributed by atoms with Crippen LogP contribution in [-0.2, 0) is 4.74 Å². The maximum absolute atomic E-state index is 13.0. The van der Waals surface area contributed by atoms with Crippen LogP contribution in [0.5, 0.6) is 5.88 Å². The van der Waals surface area contributed by atoms with Gasteiger partial charge in [-0.1, -0.05) is 24.3 Å². The van der Waals surface area contributed by atoms with Gasteiger partial charge in [-0.3, -0.25) is 4.79 Å². The Labute approximate surface area is 182 Å². The fourth-order valence-corrected chi connectivity index (χ4v) is 4.64. The summed E-state index contributed by atoms with van der Waals surface area (Å²) in [5.74, 6) is 0.671. The van der Waals surface area contributed by atoms with Crippen molar-refractivity contribution in [1.29, 1.82) is 0 Å². The van der Waals surface area contributed by atoms with Gasteiger partial charge in [0.2, 0.25) is 5.88 Å². The maximum Gasteiger partial charge on any atom is 0.272 e. The van der Waals surface area contributed by atoms with Gasteiger partial charge in [-0.25, -0.2) is 9.97 Å². The lowest BCUT2D eigenvalue weighted by Gasteiger charge is -2.45. The number of likely N-dealkylation sites (tertiary alicyclic amines) is 1. The molecule has 160 valence electrons. The standard InChI is InChI=1S/C25H27N3O3/c1-18-8-12-26-23(16-18)31-20-9-15-30-25(17-20)10-13-28(14-11-25)24(29)22-7-6-19-4-2-3-5-21(19)27-22/h2-8,12,16,20H,9-11,13-15,17H2,1H3. The minimum atomic E-state index is -0.222. The van der Waals surface area contributed by atoms with Crippen LogP contribution in [-0.4, -0.2) is 52.2 Å². The fraction of sp³-hybridized carbons (Fsp3) is 0.400. The van der Waals surface area contributed by atoms with Gasteiger partial charge < -0.3 is 14.4 Å². The number of para-hydroxylation sites is 1. The molecule has 1 spiro atoms. The van der Waals surface area contributed by atoms with Gasteiger partial charge in [-0.2, -0.15) is 0 Å². The van der Waals surface area contributed by atoms with E-state index in [1.165, 1.54) is 0 Å². The minimum absolute atomic E-state index is 0.00632. The van der Waals surface area contributed by atoms with E-state index in [1.807, 2.05) is 60.4 Å². The number of fused-ring (bicyclic) bond motifs is 1. The summed E-state index contributed by atoms with van der Waals surface area (Å²) >= 11 is 0. The number of nitrogens with zero attached hydrogens (tertiary/aromatic N) is 3. The molecular formula is C25H27N3O3. The lowest BCUT2D eigenvalue weighted by Crippen LogP contribution is -2.52. The van der Waals surface area contributed by atoms with E-state index in [2.05, 4.69) is 9.97 Å². The Morgan fingerprint density at radius 2 is 2.00 bits per heavy atom. The predicted octanol–water partition coefficient (Wildman–Crippen LogP) is 4.17. The summed E-state index contributed by atoms with van der Waals surface area (Å²) in [4.78, 5) is 23.8. The van der Waals surface area contributed by atoms with Gasteiger partial charge in [0, 0.05) is 43.6 Å². The second-order valence-electron chi connectivity index (χ2n) is 8.62. The summed E-state index contributed by atoms with van der Waals surface area (Å²) in [5, 5.41) is 1.04. The van der Waals surface area contributed by atoms with E-state index in [9.17, 15) is 4.79 Å². The van der Waals surface area contributed by atoms with Gasteiger partial charge in [-0.15, -0.1) is 0 Å². The third-order valence-electron chi connectivity index (χ3n) is 6.40. The van der Waals surface area contributed by atoms with E-state index in [-0.39, 0.29) is 17.6 Å². The summed E-state index contributed by atoms with van der Waals surface area (Å²) in [7, 11) is 0. The first-order chi connectivity index (χ1) is 15.1. The average molecular weight is 418 g/mol. The topological polar surface area (TPSA) is 64.6 Å². The number of aryl methyl sites for hydroxylation is 1. The van der Waals surface area contributed by atoms with Crippen molar-refractivity contribution in [2.45, 2.75) is 44.3 Å². The van der Waals surface area contributed by atoms with Crippen LogP contribution in [0.4, 0.5) is 0 Å². The van der Waals surface area contributed by atoms with Crippen LogP contribution in [0.3, 0.4) is 0 Å². The Morgan fingerprint density at radius 3 is 2.84 bits per heavy atom. The SMILES string of the molecule is Cc1ccnc(OC2CCOC3(CCN(C(=O)c4ccc5ccccc5n4)CC3)C2)c1. The number of benzene rings is 1. The van der Waals surface area contributed by atoms with Crippen molar-refractivity contribution in [2.24, 2.45) is 0 Å². The number of pyridine rings is 2. The second kappa shape index (κ2) is 8.27. The highest BCUT2D eigenvalue weighted by molar-refractivity contribution is 5.95. The van der Waals surface area contributed by atoms with Gasteiger partial charge >= 0.3 is 0 Å². The van der Waals surface area contributed by atoms with Crippen molar-refractivity contribution in [1.82, 2.24) is 14.9 Å². The second-order valence-corrected chi connectivity index (χ2v) is 8.62. The molecule has 2 aliphatic heterocycles. The van der Waals surface area contributed by atoms with E-state index in [0.29, 0.717) is 31.3 Å². The first-order valence-corrected chi connectivity index (χ1v) is 11.0. The minimum Gasteiger partial charge on any atom is -0.474 e. The van der Waals surface area contributed by atoms with Crippen molar-refractivity contribution in [3.63, 3.8) is 0 Å². The van der Waals surface area contributed by atoms with Crippen molar-refractivity contribution < 1.29 is 14.3 Å². The smallest absolute Gasteiger partial charge is 0.272 e. The zero-order valence-corrected chi connectivity index (χ0v) is 17.8. The number of aromatic nitrogens is 2. The molecule has 4 heterocycles. The predicted molar refractivity (Wildman–Crippen MR) is 118 cm³/mol. The summed E-state index contributed by atoms with van der Waals surface area (Å²) in [6, 6.07) is 15.6. The van der Waals surface area contributed by atoms with Crippen LogP contribution in [0.1, 0.15) is 41.7 Å². The highest BCUT2D eigenvalue weighted by atomic mass is 16.5. The zero-order chi connectivity index (χ0) is 21.3. The molecule has 0 bridgehead atoms. The highest BCUT2D eigenvalue weighted by Gasteiger charge is 2.42. The van der Waals surface area contributed by atoms with Crippen LogP contribution in [0, 0.1) is 6.92 Å². The maximum atomic E-state index is 13.0. The number of carbonyl (C=O) groups excluding carboxylic acids is 1. The summed E-state index contributed by atoms with van der Waals surface area (Å²) in [6.07, 6.45) is 5.19. The number of piperidine rings is 1. The Morgan fingerprint density at radius 1 is 1.16 bits per heavy atom.